The Labute approximate surface area is 104 Å². The average molecular weight is 237 g/mol. The molecule has 0 aliphatic carbocycles. The quantitative estimate of drug-likeness (QED) is 0.761. The van der Waals surface area contributed by atoms with Crippen LogP contribution in [0.1, 0.15) is 39.2 Å². The topological polar surface area (TPSA) is 12.0 Å². The molecule has 2 heteroatoms. The molecule has 0 bridgehead atoms. The SMILES string of the molecule is CCNC(CCc1ccccc1F)CC(C)C. The van der Waals surface area contributed by atoms with Gasteiger partial charge in [-0.3, -0.25) is 0 Å². The van der Waals surface area contributed by atoms with Gasteiger partial charge < -0.3 is 5.32 Å². The molecule has 0 spiro atoms. The first-order valence-electron chi connectivity index (χ1n) is 6.60. The lowest BCUT2D eigenvalue weighted by atomic mass is 9.97. The van der Waals surface area contributed by atoms with Crippen LogP contribution in [0.5, 0.6) is 0 Å². The summed E-state index contributed by atoms with van der Waals surface area (Å²) in [4.78, 5) is 0. The van der Waals surface area contributed by atoms with Gasteiger partial charge in [0.05, 0.1) is 0 Å². The smallest absolute Gasteiger partial charge is 0.126 e. The fraction of sp³-hybridized carbons (Fsp3) is 0.600. The first-order valence-corrected chi connectivity index (χ1v) is 6.60. The van der Waals surface area contributed by atoms with Crippen molar-refractivity contribution < 1.29 is 4.39 Å². The predicted octanol–water partition coefficient (Wildman–Crippen LogP) is 3.78. The van der Waals surface area contributed by atoms with Gasteiger partial charge in [-0.2, -0.15) is 0 Å². The summed E-state index contributed by atoms with van der Waals surface area (Å²) < 4.78 is 13.5. The molecule has 0 aliphatic heterocycles. The van der Waals surface area contributed by atoms with E-state index in [0.29, 0.717) is 12.0 Å². The first-order chi connectivity index (χ1) is 8.13. The molecule has 1 N–H and O–H groups in total. The number of nitrogens with one attached hydrogen (secondary N) is 1. The van der Waals surface area contributed by atoms with Gasteiger partial charge in [-0.05, 0) is 43.4 Å². The Morgan fingerprint density at radius 3 is 2.53 bits per heavy atom. The molecule has 1 atom stereocenters. The molecule has 1 nitrogen and oxygen atoms in total. The number of aryl methyl sites for hydroxylation is 1. The molecule has 0 heterocycles. The predicted molar refractivity (Wildman–Crippen MR) is 71.6 cm³/mol. The van der Waals surface area contributed by atoms with E-state index < -0.39 is 0 Å². The van der Waals surface area contributed by atoms with Crippen molar-refractivity contribution in [2.75, 3.05) is 6.54 Å². The maximum Gasteiger partial charge on any atom is 0.126 e. The zero-order valence-corrected chi connectivity index (χ0v) is 11.2. The Kier molecular flexibility index (Phi) is 6.20. The minimum Gasteiger partial charge on any atom is -0.314 e. The third kappa shape index (κ3) is 5.31. The van der Waals surface area contributed by atoms with E-state index in [9.17, 15) is 4.39 Å². The minimum atomic E-state index is -0.0766. The maximum atomic E-state index is 13.5. The molecular formula is C15H24FN. The summed E-state index contributed by atoms with van der Waals surface area (Å²) in [7, 11) is 0. The molecule has 1 aromatic carbocycles. The Morgan fingerprint density at radius 1 is 1.24 bits per heavy atom. The molecule has 96 valence electrons. The summed E-state index contributed by atoms with van der Waals surface area (Å²) in [5.41, 5.74) is 0.833. The lowest BCUT2D eigenvalue weighted by molar-refractivity contribution is 0.403. The average Bonchev–Trinajstić information content (AvgIpc) is 2.27. The van der Waals surface area contributed by atoms with Gasteiger partial charge in [0.15, 0.2) is 0 Å². The van der Waals surface area contributed by atoms with Gasteiger partial charge in [-0.25, -0.2) is 4.39 Å². The highest BCUT2D eigenvalue weighted by Crippen LogP contribution is 2.14. The highest BCUT2D eigenvalue weighted by molar-refractivity contribution is 5.17. The Hall–Kier alpha value is -0.890. The van der Waals surface area contributed by atoms with E-state index in [1.165, 1.54) is 0 Å². The van der Waals surface area contributed by atoms with Crippen LogP contribution in [0.25, 0.3) is 0 Å². The highest BCUT2D eigenvalue weighted by atomic mass is 19.1. The van der Waals surface area contributed by atoms with Crippen LogP contribution in [-0.2, 0) is 6.42 Å². The van der Waals surface area contributed by atoms with Crippen LogP contribution in [0.4, 0.5) is 4.39 Å². The lowest BCUT2D eigenvalue weighted by Gasteiger charge is -2.20. The van der Waals surface area contributed by atoms with E-state index >= 15 is 0 Å². The molecule has 1 rings (SSSR count). The van der Waals surface area contributed by atoms with E-state index in [2.05, 4.69) is 26.1 Å². The third-order valence-electron chi connectivity index (χ3n) is 2.97. The van der Waals surface area contributed by atoms with E-state index in [1.54, 1.807) is 12.1 Å². The Morgan fingerprint density at radius 2 is 1.94 bits per heavy atom. The Balaban J connectivity index is 2.48. The maximum absolute atomic E-state index is 13.5. The molecule has 0 aliphatic rings. The van der Waals surface area contributed by atoms with Crippen molar-refractivity contribution >= 4 is 0 Å². The van der Waals surface area contributed by atoms with Gasteiger partial charge in [-0.1, -0.05) is 39.0 Å². The van der Waals surface area contributed by atoms with Crippen LogP contribution in [0, 0.1) is 11.7 Å². The van der Waals surface area contributed by atoms with Gasteiger partial charge in [-0.15, -0.1) is 0 Å². The van der Waals surface area contributed by atoms with Crippen molar-refractivity contribution in [1.29, 1.82) is 0 Å². The van der Waals surface area contributed by atoms with Crippen LogP contribution < -0.4 is 5.32 Å². The number of benzene rings is 1. The second-order valence-corrected chi connectivity index (χ2v) is 5.01. The van der Waals surface area contributed by atoms with E-state index in [-0.39, 0.29) is 5.82 Å². The highest BCUT2D eigenvalue weighted by Gasteiger charge is 2.10. The van der Waals surface area contributed by atoms with Crippen LogP contribution in [0.2, 0.25) is 0 Å². The lowest BCUT2D eigenvalue weighted by Crippen LogP contribution is -2.30. The molecule has 0 saturated heterocycles. The van der Waals surface area contributed by atoms with Crippen molar-refractivity contribution in [1.82, 2.24) is 5.32 Å². The molecule has 0 amide bonds. The minimum absolute atomic E-state index is 0.0766. The molecule has 0 aromatic heterocycles. The van der Waals surface area contributed by atoms with Gasteiger partial charge in [0.1, 0.15) is 5.82 Å². The van der Waals surface area contributed by atoms with Crippen LogP contribution in [0.3, 0.4) is 0 Å². The Bertz CT molecular complexity index is 322. The molecule has 1 unspecified atom stereocenters. The van der Waals surface area contributed by atoms with Crippen LogP contribution >= 0.6 is 0 Å². The molecule has 0 radical (unpaired) electrons. The summed E-state index contributed by atoms with van der Waals surface area (Å²) in [6.07, 6.45) is 2.98. The third-order valence-corrected chi connectivity index (χ3v) is 2.97. The molecule has 1 aromatic rings. The number of rotatable bonds is 7. The van der Waals surface area contributed by atoms with Crippen molar-refractivity contribution in [2.45, 2.75) is 46.1 Å². The van der Waals surface area contributed by atoms with Crippen molar-refractivity contribution in [3.05, 3.63) is 35.6 Å². The number of hydrogen-bond acceptors (Lipinski definition) is 1. The molecular weight excluding hydrogens is 213 g/mol. The van der Waals surface area contributed by atoms with Gasteiger partial charge in [0.25, 0.3) is 0 Å². The zero-order valence-electron chi connectivity index (χ0n) is 11.2. The van der Waals surface area contributed by atoms with Crippen LogP contribution in [0.15, 0.2) is 24.3 Å². The largest absolute Gasteiger partial charge is 0.314 e. The first kappa shape index (κ1) is 14.2. The van der Waals surface area contributed by atoms with E-state index in [0.717, 1.165) is 31.4 Å². The van der Waals surface area contributed by atoms with Gasteiger partial charge in [0.2, 0.25) is 0 Å². The fourth-order valence-electron chi connectivity index (χ4n) is 2.19. The zero-order chi connectivity index (χ0) is 12.7. The second kappa shape index (κ2) is 7.44. The summed E-state index contributed by atoms with van der Waals surface area (Å²) in [5.74, 6) is 0.604. The monoisotopic (exact) mass is 237 g/mol. The van der Waals surface area contributed by atoms with E-state index in [4.69, 9.17) is 0 Å². The van der Waals surface area contributed by atoms with Gasteiger partial charge in [0, 0.05) is 6.04 Å². The fourth-order valence-corrected chi connectivity index (χ4v) is 2.19. The van der Waals surface area contributed by atoms with Crippen molar-refractivity contribution in [3.8, 4) is 0 Å². The van der Waals surface area contributed by atoms with Gasteiger partial charge >= 0.3 is 0 Å². The number of hydrogen-bond donors (Lipinski definition) is 1. The molecule has 0 fully saturated rings. The normalized spacial score (nSPS) is 13.0. The van der Waals surface area contributed by atoms with Crippen molar-refractivity contribution in [3.63, 3.8) is 0 Å². The standard InChI is InChI=1S/C15H24FN/c1-4-17-14(11-12(2)3)10-9-13-7-5-6-8-15(13)16/h5-8,12,14,17H,4,9-11H2,1-3H3. The summed E-state index contributed by atoms with van der Waals surface area (Å²) in [6.45, 7) is 7.56. The number of halogens is 1. The second-order valence-electron chi connectivity index (χ2n) is 5.01. The molecule has 0 saturated carbocycles. The van der Waals surface area contributed by atoms with E-state index in [1.807, 2.05) is 12.1 Å². The van der Waals surface area contributed by atoms with Crippen LogP contribution in [-0.4, -0.2) is 12.6 Å². The summed E-state index contributed by atoms with van der Waals surface area (Å²) in [6, 6.07) is 7.57. The van der Waals surface area contributed by atoms with Crippen molar-refractivity contribution in [2.24, 2.45) is 5.92 Å². The summed E-state index contributed by atoms with van der Waals surface area (Å²) in [5, 5.41) is 3.48. The molecule has 17 heavy (non-hydrogen) atoms. The summed E-state index contributed by atoms with van der Waals surface area (Å²) >= 11 is 0.